The Morgan fingerprint density at radius 1 is 0.883 bits per heavy atom. The summed E-state index contributed by atoms with van der Waals surface area (Å²) in [6.45, 7) is 6.06. The molecule has 0 amide bonds. The number of aliphatic hydroxyl groups excluding tert-OH is 1. The smallest absolute Gasteiger partial charge is 0.293 e. The van der Waals surface area contributed by atoms with Gasteiger partial charge >= 0.3 is 0 Å². The summed E-state index contributed by atoms with van der Waals surface area (Å²) in [5, 5.41) is 26.6. The molecule has 13 nitrogen and oxygen atoms in total. The minimum Gasteiger partial charge on any atom is -0.390 e. The summed E-state index contributed by atoms with van der Waals surface area (Å²) in [5.74, 6) is 0.702. The first kappa shape index (κ1) is 41.4. The van der Waals surface area contributed by atoms with Crippen LogP contribution in [0, 0.1) is 10.1 Å². The molecule has 0 saturated carbocycles. The van der Waals surface area contributed by atoms with Crippen LogP contribution in [0.3, 0.4) is 0 Å². The van der Waals surface area contributed by atoms with Gasteiger partial charge in [0.25, 0.3) is 15.7 Å². The van der Waals surface area contributed by atoms with Crippen molar-refractivity contribution in [3.05, 3.63) is 142 Å². The number of fused-ring (bicyclic) bond motifs is 1. The molecule has 2 aliphatic heterocycles. The fourth-order valence-corrected chi connectivity index (χ4v) is 9.80. The van der Waals surface area contributed by atoms with Crippen LogP contribution in [-0.2, 0) is 16.6 Å². The van der Waals surface area contributed by atoms with Crippen molar-refractivity contribution in [3.8, 4) is 11.1 Å². The highest BCUT2D eigenvalue weighted by Gasteiger charge is 2.27. The van der Waals surface area contributed by atoms with Gasteiger partial charge < -0.3 is 15.3 Å². The Labute approximate surface area is 358 Å². The Bertz CT molecular complexity index is 2560. The van der Waals surface area contributed by atoms with Crippen molar-refractivity contribution < 1.29 is 18.4 Å². The summed E-state index contributed by atoms with van der Waals surface area (Å²) in [6.07, 6.45) is 1.65. The van der Waals surface area contributed by atoms with Gasteiger partial charge in [-0.2, -0.15) is 0 Å². The van der Waals surface area contributed by atoms with Gasteiger partial charge in [0, 0.05) is 91.2 Å². The molecule has 310 valence electrons. The van der Waals surface area contributed by atoms with Gasteiger partial charge in [0.2, 0.25) is 0 Å². The van der Waals surface area contributed by atoms with Crippen molar-refractivity contribution in [1.82, 2.24) is 19.8 Å². The van der Waals surface area contributed by atoms with Crippen LogP contribution >= 0.6 is 23.4 Å². The van der Waals surface area contributed by atoms with E-state index >= 15 is 0 Å². The number of hydrogen-bond donors (Lipinski definition) is 3. The molecule has 3 N–H and O–H groups in total. The number of likely N-dealkylation sites (tertiary alicyclic amines) is 1. The molecule has 8 rings (SSSR count). The third kappa shape index (κ3) is 10.0. The standard InChI is InChI=1S/C44H45ClN8O5S2/c45-33-12-10-31(11-13-33)39-9-5-4-6-32(39)26-50-20-22-52(23-21-50)35-14-16-40-42(24-35)46-30-47-44(40)49-60(57,58)38-15-17-41(43(25-38)53(55)56)48-34(18-19-51-27-36(54)28-51)29-59-37-7-2-1-3-8-37/h1-17,24-25,30,34,36,48,54H,18-23,26-29H2,(H,46,47,49). The second-order valence-electron chi connectivity index (χ2n) is 15.1. The van der Waals surface area contributed by atoms with Crippen LogP contribution in [0.2, 0.25) is 5.02 Å². The van der Waals surface area contributed by atoms with E-state index in [-0.39, 0.29) is 34.2 Å². The molecule has 6 aromatic rings. The average molecular weight is 865 g/mol. The first-order valence-electron chi connectivity index (χ1n) is 19.8. The third-order valence-electron chi connectivity index (χ3n) is 10.9. The van der Waals surface area contributed by atoms with E-state index in [0.717, 1.165) is 54.9 Å². The SMILES string of the molecule is O=[N+]([O-])c1cc(S(=O)(=O)Nc2ncnc3cc(N4CCN(Cc5ccccc5-c5ccc(Cl)cc5)CC4)ccc23)ccc1NC(CCN1CC(O)C1)CSc1ccccc1. The van der Waals surface area contributed by atoms with E-state index in [2.05, 4.69) is 71.1 Å². The van der Waals surface area contributed by atoms with Crippen molar-refractivity contribution in [2.24, 2.45) is 0 Å². The number of nitrogens with one attached hydrogen (secondary N) is 2. The van der Waals surface area contributed by atoms with Crippen LogP contribution in [0.25, 0.3) is 22.0 Å². The molecule has 5 aromatic carbocycles. The number of piperazine rings is 1. The number of benzene rings is 5. The Morgan fingerprint density at radius 3 is 2.38 bits per heavy atom. The van der Waals surface area contributed by atoms with Gasteiger partial charge in [-0.15, -0.1) is 11.8 Å². The number of aromatic nitrogens is 2. The van der Waals surface area contributed by atoms with Crippen LogP contribution in [0.1, 0.15) is 12.0 Å². The lowest BCUT2D eigenvalue weighted by Gasteiger charge is -2.36. The number of rotatable bonds is 16. The molecule has 1 atom stereocenters. The van der Waals surface area contributed by atoms with E-state index in [1.807, 2.05) is 54.6 Å². The molecule has 0 spiro atoms. The topological polar surface area (TPSA) is 157 Å². The van der Waals surface area contributed by atoms with E-state index in [9.17, 15) is 23.6 Å². The summed E-state index contributed by atoms with van der Waals surface area (Å²) in [4.78, 5) is 28.2. The highest BCUT2D eigenvalue weighted by molar-refractivity contribution is 7.99. The minimum atomic E-state index is -4.29. The molecule has 16 heteroatoms. The number of anilines is 3. The van der Waals surface area contributed by atoms with Crippen molar-refractivity contribution in [3.63, 3.8) is 0 Å². The lowest BCUT2D eigenvalue weighted by atomic mass is 9.99. The number of nitro groups is 1. The first-order chi connectivity index (χ1) is 29.1. The van der Waals surface area contributed by atoms with Gasteiger partial charge in [0.1, 0.15) is 12.0 Å². The van der Waals surface area contributed by atoms with E-state index in [0.29, 0.717) is 47.7 Å². The maximum Gasteiger partial charge on any atom is 0.293 e. The quantitative estimate of drug-likeness (QED) is 0.0498. The molecule has 2 saturated heterocycles. The molecule has 60 heavy (non-hydrogen) atoms. The predicted octanol–water partition coefficient (Wildman–Crippen LogP) is 7.62. The van der Waals surface area contributed by atoms with Gasteiger partial charge in [-0.25, -0.2) is 18.4 Å². The van der Waals surface area contributed by atoms with Crippen LogP contribution in [0.5, 0.6) is 0 Å². The summed E-state index contributed by atoms with van der Waals surface area (Å²) < 4.78 is 30.1. The molecule has 2 fully saturated rings. The van der Waals surface area contributed by atoms with Gasteiger partial charge in [-0.1, -0.05) is 66.2 Å². The normalized spacial score (nSPS) is 15.7. The zero-order valence-electron chi connectivity index (χ0n) is 32.7. The molecule has 0 radical (unpaired) electrons. The Hall–Kier alpha value is -5.29. The predicted molar refractivity (Wildman–Crippen MR) is 239 cm³/mol. The lowest BCUT2D eigenvalue weighted by Crippen LogP contribution is -2.51. The summed E-state index contributed by atoms with van der Waals surface area (Å²) >= 11 is 7.77. The molecule has 1 aromatic heterocycles. The molecule has 3 heterocycles. The zero-order chi connectivity index (χ0) is 41.6. The first-order valence-corrected chi connectivity index (χ1v) is 22.6. The van der Waals surface area contributed by atoms with Crippen LogP contribution in [0.4, 0.5) is 22.9 Å². The second-order valence-corrected chi connectivity index (χ2v) is 18.3. The van der Waals surface area contributed by atoms with E-state index < -0.39 is 14.9 Å². The molecule has 0 bridgehead atoms. The number of thioether (sulfide) groups is 1. The fourth-order valence-electron chi connectivity index (χ4n) is 7.63. The Balaban J connectivity index is 0.932. The molecule has 0 aliphatic carbocycles. The summed E-state index contributed by atoms with van der Waals surface area (Å²) in [5.41, 5.74) is 5.00. The number of β-amino-alcohol motifs (C(OH)–C–C–N with tert-alkyl or cyclic N) is 1. The number of aliphatic hydroxyl groups is 1. The fraction of sp³-hybridized carbons (Fsp3) is 0.273. The summed E-state index contributed by atoms with van der Waals surface area (Å²) in [7, 11) is -4.29. The van der Waals surface area contributed by atoms with E-state index in [1.165, 1.54) is 29.6 Å². The number of sulfonamides is 1. The molecule has 2 aliphatic rings. The number of nitro benzene ring substituents is 1. The highest BCUT2D eigenvalue weighted by Crippen LogP contribution is 2.33. The van der Waals surface area contributed by atoms with Gasteiger partial charge in [0.05, 0.1) is 21.4 Å². The zero-order valence-corrected chi connectivity index (χ0v) is 35.1. The van der Waals surface area contributed by atoms with Crippen LogP contribution < -0.4 is 14.9 Å². The Kier molecular flexibility index (Phi) is 12.8. The Morgan fingerprint density at radius 2 is 1.63 bits per heavy atom. The van der Waals surface area contributed by atoms with E-state index in [1.54, 1.807) is 17.8 Å². The number of nitrogens with zero attached hydrogens (tertiary/aromatic N) is 6. The molecule has 1 unspecified atom stereocenters. The van der Waals surface area contributed by atoms with Crippen LogP contribution in [-0.4, -0.2) is 102 Å². The average Bonchev–Trinajstić information content (AvgIpc) is 3.24. The highest BCUT2D eigenvalue weighted by atomic mass is 35.5. The van der Waals surface area contributed by atoms with E-state index in [4.69, 9.17) is 11.6 Å². The van der Waals surface area contributed by atoms with Crippen molar-refractivity contribution in [2.45, 2.75) is 34.9 Å². The largest absolute Gasteiger partial charge is 0.390 e. The number of hydrogen-bond acceptors (Lipinski definition) is 12. The van der Waals surface area contributed by atoms with Gasteiger partial charge in [-0.3, -0.25) is 24.6 Å². The second kappa shape index (κ2) is 18.5. The summed E-state index contributed by atoms with van der Waals surface area (Å²) in [6, 6.07) is 35.7. The lowest BCUT2D eigenvalue weighted by molar-refractivity contribution is -0.384. The monoisotopic (exact) mass is 864 g/mol. The van der Waals surface area contributed by atoms with Gasteiger partial charge in [0.15, 0.2) is 5.82 Å². The number of halogens is 1. The third-order valence-corrected chi connectivity index (χ3v) is 13.7. The van der Waals surface area contributed by atoms with Crippen molar-refractivity contribution in [1.29, 1.82) is 0 Å². The van der Waals surface area contributed by atoms with Gasteiger partial charge in [-0.05, 0) is 77.7 Å². The van der Waals surface area contributed by atoms with Crippen molar-refractivity contribution in [2.75, 3.05) is 66.5 Å². The van der Waals surface area contributed by atoms with Crippen molar-refractivity contribution >= 4 is 67.2 Å². The maximum absolute atomic E-state index is 13.8. The molecular formula is C44H45ClN8O5S2. The minimum absolute atomic E-state index is 0.0784. The maximum atomic E-state index is 13.8. The molecular weight excluding hydrogens is 820 g/mol. The van der Waals surface area contributed by atoms with Crippen LogP contribution in [0.15, 0.2) is 131 Å².